The Kier molecular flexibility index (Phi) is 4.08. The first kappa shape index (κ1) is 15.5. The Bertz CT molecular complexity index is 775. The molecule has 2 nitrogen and oxygen atoms in total. The van der Waals surface area contributed by atoms with Crippen LogP contribution < -0.4 is 0 Å². The topological polar surface area (TPSA) is 28.7 Å². The average molecular weight is 304 g/mol. The van der Waals surface area contributed by atoms with E-state index in [1.165, 1.54) is 16.7 Å². The van der Waals surface area contributed by atoms with Crippen LogP contribution in [-0.2, 0) is 11.8 Å². The lowest BCUT2D eigenvalue weighted by Gasteiger charge is -2.19. The van der Waals surface area contributed by atoms with Crippen molar-refractivity contribution in [3.63, 3.8) is 0 Å². The minimum Gasteiger partial charge on any atom is -0.345 e. The zero-order chi connectivity index (χ0) is 16.4. The molecule has 118 valence electrons. The van der Waals surface area contributed by atoms with Gasteiger partial charge in [-0.3, -0.25) is 0 Å². The van der Waals surface area contributed by atoms with E-state index in [2.05, 4.69) is 81.2 Å². The molecule has 0 fully saturated rings. The van der Waals surface area contributed by atoms with Crippen molar-refractivity contribution in [2.45, 2.75) is 39.5 Å². The largest absolute Gasteiger partial charge is 0.345 e. The van der Waals surface area contributed by atoms with Gasteiger partial charge in [0.2, 0.25) is 0 Å². The Balaban J connectivity index is 1.86. The molecule has 0 saturated carbocycles. The lowest BCUT2D eigenvalue weighted by atomic mass is 9.86. The molecule has 3 aromatic rings. The average Bonchev–Trinajstić information content (AvgIpc) is 2.88. The third-order valence-electron chi connectivity index (χ3n) is 4.17. The van der Waals surface area contributed by atoms with Crippen molar-refractivity contribution in [3.05, 3.63) is 77.2 Å². The van der Waals surface area contributed by atoms with Gasteiger partial charge in [-0.2, -0.15) is 0 Å². The summed E-state index contributed by atoms with van der Waals surface area (Å²) in [6.07, 6.45) is 0.835. The molecule has 0 aliphatic rings. The number of nitrogens with zero attached hydrogens (tertiary/aromatic N) is 1. The molecule has 1 N–H and O–H groups in total. The van der Waals surface area contributed by atoms with Gasteiger partial charge in [-0.1, -0.05) is 75.4 Å². The number of rotatable bonds is 3. The highest BCUT2D eigenvalue weighted by molar-refractivity contribution is 5.62. The maximum atomic E-state index is 4.81. The summed E-state index contributed by atoms with van der Waals surface area (Å²) >= 11 is 0. The van der Waals surface area contributed by atoms with Crippen LogP contribution in [0.25, 0.3) is 11.3 Å². The highest BCUT2D eigenvalue weighted by atomic mass is 14.9. The first-order valence-electron chi connectivity index (χ1n) is 8.14. The first-order chi connectivity index (χ1) is 10.9. The molecule has 0 unspecified atom stereocenters. The minimum atomic E-state index is 0.178. The van der Waals surface area contributed by atoms with Crippen molar-refractivity contribution >= 4 is 0 Å². The van der Waals surface area contributed by atoms with Crippen molar-refractivity contribution < 1.29 is 0 Å². The molecule has 0 amide bonds. The summed E-state index contributed by atoms with van der Waals surface area (Å²) in [5.41, 5.74) is 6.15. The van der Waals surface area contributed by atoms with E-state index in [1.54, 1.807) is 0 Å². The molecule has 1 aromatic heterocycles. The second kappa shape index (κ2) is 6.04. The van der Waals surface area contributed by atoms with E-state index in [1.807, 2.05) is 6.07 Å². The van der Waals surface area contributed by atoms with Crippen LogP contribution in [0.2, 0.25) is 0 Å². The molecule has 2 heteroatoms. The van der Waals surface area contributed by atoms with Crippen LogP contribution in [0, 0.1) is 6.92 Å². The summed E-state index contributed by atoms with van der Waals surface area (Å²) in [5.74, 6) is 1.02. The van der Waals surface area contributed by atoms with Gasteiger partial charge in [0.1, 0.15) is 5.82 Å². The summed E-state index contributed by atoms with van der Waals surface area (Å²) in [4.78, 5) is 8.24. The van der Waals surface area contributed by atoms with Crippen LogP contribution in [0.3, 0.4) is 0 Å². The van der Waals surface area contributed by atoms with E-state index in [0.29, 0.717) is 0 Å². The lowest BCUT2D eigenvalue weighted by molar-refractivity contribution is 0.590. The van der Waals surface area contributed by atoms with Crippen molar-refractivity contribution in [3.8, 4) is 11.3 Å². The maximum Gasteiger partial charge on any atom is 0.111 e. The van der Waals surface area contributed by atoms with Gasteiger partial charge in [-0.25, -0.2) is 4.98 Å². The number of nitrogens with one attached hydrogen (secondary N) is 1. The fourth-order valence-corrected chi connectivity index (χ4v) is 2.80. The predicted octanol–water partition coefficient (Wildman–Crippen LogP) is 5.27. The van der Waals surface area contributed by atoms with Crippen LogP contribution in [0.5, 0.6) is 0 Å². The van der Waals surface area contributed by atoms with Gasteiger partial charge in [-0.05, 0) is 23.5 Å². The quantitative estimate of drug-likeness (QED) is 0.701. The van der Waals surface area contributed by atoms with Gasteiger partial charge < -0.3 is 4.98 Å². The number of hydrogen-bond donors (Lipinski definition) is 1. The van der Waals surface area contributed by atoms with Crippen LogP contribution in [0.1, 0.15) is 43.4 Å². The van der Waals surface area contributed by atoms with Gasteiger partial charge in [0, 0.05) is 17.7 Å². The second-order valence-electron chi connectivity index (χ2n) is 7.15. The van der Waals surface area contributed by atoms with Crippen molar-refractivity contribution in [2.24, 2.45) is 0 Å². The molecule has 0 spiro atoms. The van der Waals surface area contributed by atoms with Crippen LogP contribution in [0.15, 0.2) is 54.6 Å². The zero-order valence-corrected chi connectivity index (χ0v) is 14.4. The van der Waals surface area contributed by atoms with E-state index < -0.39 is 0 Å². The highest BCUT2D eigenvalue weighted by Crippen LogP contribution is 2.27. The Labute approximate surface area is 138 Å². The summed E-state index contributed by atoms with van der Waals surface area (Å²) in [6, 6.07) is 19.2. The Morgan fingerprint density at radius 1 is 0.913 bits per heavy atom. The molecule has 1 heterocycles. The van der Waals surface area contributed by atoms with E-state index >= 15 is 0 Å². The molecule has 0 radical (unpaired) electrons. The SMILES string of the molecule is Cc1[nH]c(Cc2ccccc2)nc1-c1ccc(C(C)(C)C)cc1. The fraction of sp³-hybridized carbons (Fsp3) is 0.286. The second-order valence-corrected chi connectivity index (χ2v) is 7.15. The van der Waals surface area contributed by atoms with E-state index in [9.17, 15) is 0 Å². The number of aromatic amines is 1. The van der Waals surface area contributed by atoms with E-state index in [-0.39, 0.29) is 5.41 Å². The van der Waals surface area contributed by atoms with Gasteiger partial charge in [0.15, 0.2) is 0 Å². The van der Waals surface area contributed by atoms with Gasteiger partial charge in [0.05, 0.1) is 5.69 Å². The summed E-state index contributed by atoms with van der Waals surface area (Å²) in [6.45, 7) is 8.80. The predicted molar refractivity (Wildman–Crippen MR) is 96.7 cm³/mol. The minimum absolute atomic E-state index is 0.178. The molecule has 3 rings (SSSR count). The number of aromatic nitrogens is 2. The number of aryl methyl sites for hydroxylation is 1. The number of benzene rings is 2. The van der Waals surface area contributed by atoms with Crippen LogP contribution >= 0.6 is 0 Å². The number of imidazole rings is 1. The Morgan fingerprint density at radius 3 is 2.17 bits per heavy atom. The number of hydrogen-bond acceptors (Lipinski definition) is 1. The lowest BCUT2D eigenvalue weighted by Crippen LogP contribution is -2.10. The van der Waals surface area contributed by atoms with Crippen molar-refractivity contribution in [2.75, 3.05) is 0 Å². The van der Waals surface area contributed by atoms with Crippen LogP contribution in [0.4, 0.5) is 0 Å². The molecule has 0 bridgehead atoms. The number of H-pyrrole nitrogens is 1. The molecule has 23 heavy (non-hydrogen) atoms. The molecule has 0 atom stereocenters. The molecule has 0 aliphatic heterocycles. The first-order valence-corrected chi connectivity index (χ1v) is 8.14. The molecule has 2 aromatic carbocycles. The molecular formula is C21H24N2. The fourth-order valence-electron chi connectivity index (χ4n) is 2.80. The zero-order valence-electron chi connectivity index (χ0n) is 14.4. The Hall–Kier alpha value is -2.35. The van der Waals surface area contributed by atoms with Crippen molar-refractivity contribution in [1.82, 2.24) is 9.97 Å². The van der Waals surface area contributed by atoms with Crippen LogP contribution in [-0.4, -0.2) is 9.97 Å². The third kappa shape index (κ3) is 3.53. The van der Waals surface area contributed by atoms with E-state index in [0.717, 1.165) is 23.6 Å². The van der Waals surface area contributed by atoms with Gasteiger partial charge >= 0.3 is 0 Å². The Morgan fingerprint density at radius 2 is 1.57 bits per heavy atom. The van der Waals surface area contributed by atoms with Gasteiger partial charge in [0.25, 0.3) is 0 Å². The van der Waals surface area contributed by atoms with Gasteiger partial charge in [-0.15, -0.1) is 0 Å². The molecular weight excluding hydrogens is 280 g/mol. The highest BCUT2D eigenvalue weighted by Gasteiger charge is 2.14. The summed E-state index contributed by atoms with van der Waals surface area (Å²) in [5, 5.41) is 0. The maximum absolute atomic E-state index is 4.81. The smallest absolute Gasteiger partial charge is 0.111 e. The molecule has 0 saturated heterocycles. The standard InChI is InChI=1S/C21H24N2/c1-15-20(17-10-12-18(13-11-17)21(2,3)4)23-19(22-15)14-16-8-6-5-7-9-16/h5-13H,14H2,1-4H3,(H,22,23). The van der Waals surface area contributed by atoms with Crippen molar-refractivity contribution in [1.29, 1.82) is 0 Å². The summed E-state index contributed by atoms with van der Waals surface area (Å²) < 4.78 is 0. The normalized spacial score (nSPS) is 11.7. The molecule has 0 aliphatic carbocycles. The van der Waals surface area contributed by atoms with E-state index in [4.69, 9.17) is 4.98 Å². The summed E-state index contributed by atoms with van der Waals surface area (Å²) in [7, 11) is 0. The third-order valence-corrected chi connectivity index (χ3v) is 4.17. The monoisotopic (exact) mass is 304 g/mol.